The fourth-order valence-corrected chi connectivity index (χ4v) is 0.0962. The van der Waals surface area contributed by atoms with Gasteiger partial charge < -0.3 is 5.41 Å². The summed E-state index contributed by atoms with van der Waals surface area (Å²) < 4.78 is 0. The summed E-state index contributed by atoms with van der Waals surface area (Å²) in [5, 5.41) is 6.39. The summed E-state index contributed by atoms with van der Waals surface area (Å²) in [6, 6.07) is 0. The Hall–Kier alpha value is -0.590. The first-order valence-corrected chi connectivity index (χ1v) is 2.53. The van der Waals surface area contributed by atoms with E-state index < -0.39 is 0 Å². The van der Waals surface area contributed by atoms with E-state index >= 15 is 0 Å². The van der Waals surface area contributed by atoms with Crippen LogP contribution in [0, 0.1) is 5.41 Å². The van der Waals surface area contributed by atoms with Gasteiger partial charge in [-0.2, -0.15) is 0 Å². The van der Waals surface area contributed by atoms with E-state index in [-0.39, 0.29) is 0 Å². The second-order valence-corrected chi connectivity index (χ2v) is 0.692. The molecule has 1 N–H and O–H groups in total. The normalized spacial score (nSPS) is 7.29. The molecule has 0 atom stereocenters. The molecule has 0 aliphatic heterocycles. The molecule has 0 aromatic rings. The SMILES string of the molecule is C/C=C\C=N.CC. The summed E-state index contributed by atoms with van der Waals surface area (Å²) >= 11 is 0. The van der Waals surface area contributed by atoms with Gasteiger partial charge in [-0.15, -0.1) is 0 Å². The molecule has 0 bridgehead atoms. The van der Waals surface area contributed by atoms with Crippen LogP contribution in [0.5, 0.6) is 0 Å². The summed E-state index contributed by atoms with van der Waals surface area (Å²) in [4.78, 5) is 0. The second-order valence-electron chi connectivity index (χ2n) is 0.692. The minimum Gasteiger partial charge on any atom is -0.309 e. The lowest BCUT2D eigenvalue weighted by Crippen LogP contribution is -1.48. The third kappa shape index (κ3) is 31.6. The zero-order valence-electron chi connectivity index (χ0n) is 5.23. The summed E-state index contributed by atoms with van der Waals surface area (Å²) in [6.07, 6.45) is 4.73. The van der Waals surface area contributed by atoms with E-state index in [2.05, 4.69) is 0 Å². The van der Waals surface area contributed by atoms with E-state index in [0.29, 0.717) is 0 Å². The van der Waals surface area contributed by atoms with Gasteiger partial charge in [-0.3, -0.25) is 0 Å². The molecule has 1 heteroatoms. The van der Waals surface area contributed by atoms with Crippen molar-refractivity contribution in [2.45, 2.75) is 20.8 Å². The maximum absolute atomic E-state index is 6.39. The molecule has 0 saturated carbocycles. The van der Waals surface area contributed by atoms with E-state index in [4.69, 9.17) is 5.41 Å². The van der Waals surface area contributed by atoms with Crippen LogP contribution in [0.15, 0.2) is 12.2 Å². The summed E-state index contributed by atoms with van der Waals surface area (Å²) in [7, 11) is 0. The van der Waals surface area contributed by atoms with Crippen molar-refractivity contribution in [1.29, 1.82) is 5.41 Å². The van der Waals surface area contributed by atoms with E-state index in [1.807, 2.05) is 26.8 Å². The highest BCUT2D eigenvalue weighted by molar-refractivity contribution is 5.67. The van der Waals surface area contributed by atoms with Crippen molar-refractivity contribution in [2.75, 3.05) is 0 Å². The Balaban J connectivity index is 0. The molecular formula is C6H13N. The fraction of sp³-hybridized carbons (Fsp3) is 0.500. The molecule has 0 aromatic carbocycles. The molecule has 7 heavy (non-hydrogen) atoms. The molecule has 0 spiro atoms. The van der Waals surface area contributed by atoms with E-state index in [1.54, 1.807) is 6.08 Å². The van der Waals surface area contributed by atoms with Crippen molar-refractivity contribution >= 4 is 6.21 Å². The minimum atomic E-state index is 1.25. The Morgan fingerprint density at radius 2 is 1.71 bits per heavy atom. The van der Waals surface area contributed by atoms with Gasteiger partial charge in [0.2, 0.25) is 0 Å². The Kier molecular flexibility index (Phi) is 25.0. The Bertz CT molecular complexity index is 46.1. The van der Waals surface area contributed by atoms with Gasteiger partial charge in [0.15, 0.2) is 0 Å². The maximum atomic E-state index is 6.39. The van der Waals surface area contributed by atoms with Gasteiger partial charge >= 0.3 is 0 Å². The molecule has 0 fully saturated rings. The van der Waals surface area contributed by atoms with Crippen molar-refractivity contribution in [3.05, 3.63) is 12.2 Å². The number of hydrogen-bond donors (Lipinski definition) is 1. The number of allylic oxidation sites excluding steroid dienone is 2. The highest BCUT2D eigenvalue weighted by Gasteiger charge is 1.43. The van der Waals surface area contributed by atoms with Gasteiger partial charge in [0.1, 0.15) is 0 Å². The van der Waals surface area contributed by atoms with Gasteiger partial charge in [0.25, 0.3) is 0 Å². The van der Waals surface area contributed by atoms with Crippen molar-refractivity contribution in [3.8, 4) is 0 Å². The molecule has 0 heterocycles. The lowest BCUT2D eigenvalue weighted by atomic mass is 10.6. The molecule has 1 nitrogen and oxygen atoms in total. The van der Waals surface area contributed by atoms with E-state index in [0.717, 1.165) is 0 Å². The quantitative estimate of drug-likeness (QED) is 0.487. The van der Waals surface area contributed by atoms with E-state index in [1.165, 1.54) is 6.21 Å². The van der Waals surface area contributed by atoms with Gasteiger partial charge in [-0.25, -0.2) is 0 Å². The molecule has 0 unspecified atom stereocenters. The highest BCUT2D eigenvalue weighted by atomic mass is 14.3. The smallest absolute Gasteiger partial charge is 0.0174 e. The first kappa shape index (κ1) is 9.65. The predicted octanol–water partition coefficient (Wildman–Crippen LogP) is 2.24. The maximum Gasteiger partial charge on any atom is 0.0174 e. The van der Waals surface area contributed by atoms with Crippen molar-refractivity contribution in [2.24, 2.45) is 0 Å². The predicted molar refractivity (Wildman–Crippen MR) is 34.9 cm³/mol. The second kappa shape index (κ2) is 18.1. The van der Waals surface area contributed by atoms with Crippen LogP contribution in [-0.4, -0.2) is 6.21 Å². The Morgan fingerprint density at radius 1 is 1.29 bits per heavy atom. The third-order valence-corrected chi connectivity index (χ3v) is 0.289. The van der Waals surface area contributed by atoms with Crippen LogP contribution in [0.2, 0.25) is 0 Å². The lowest BCUT2D eigenvalue weighted by molar-refractivity contribution is 1.50. The zero-order valence-corrected chi connectivity index (χ0v) is 5.23. The average Bonchev–Trinajstić information content (AvgIpc) is 1.75. The largest absolute Gasteiger partial charge is 0.309 e. The van der Waals surface area contributed by atoms with Gasteiger partial charge in [-0.1, -0.05) is 19.9 Å². The van der Waals surface area contributed by atoms with Crippen molar-refractivity contribution < 1.29 is 0 Å². The molecule has 0 aromatic heterocycles. The van der Waals surface area contributed by atoms with Crippen LogP contribution in [-0.2, 0) is 0 Å². The van der Waals surface area contributed by atoms with Crippen LogP contribution in [0.1, 0.15) is 20.8 Å². The van der Waals surface area contributed by atoms with Crippen LogP contribution in [0.4, 0.5) is 0 Å². The first-order valence-electron chi connectivity index (χ1n) is 2.53. The minimum absolute atomic E-state index is 1.25. The standard InChI is InChI=1S/C4H7N.C2H6/c1-2-3-4-5;1-2/h2-5H,1H3;1-2H3/b3-2-,5-4?;. The monoisotopic (exact) mass is 99.1 g/mol. The van der Waals surface area contributed by atoms with Crippen LogP contribution in [0.25, 0.3) is 0 Å². The first-order chi connectivity index (χ1) is 3.41. The Labute approximate surface area is 45.6 Å². The number of nitrogens with one attached hydrogen (secondary N) is 1. The van der Waals surface area contributed by atoms with Crippen molar-refractivity contribution in [1.82, 2.24) is 0 Å². The van der Waals surface area contributed by atoms with Gasteiger partial charge in [0.05, 0.1) is 0 Å². The average molecular weight is 99.2 g/mol. The van der Waals surface area contributed by atoms with Crippen LogP contribution < -0.4 is 0 Å². The molecule has 0 saturated heterocycles. The third-order valence-electron chi connectivity index (χ3n) is 0.289. The zero-order chi connectivity index (χ0) is 6.12. The summed E-state index contributed by atoms with van der Waals surface area (Å²) in [5.41, 5.74) is 0. The lowest BCUT2D eigenvalue weighted by Gasteiger charge is -1.54. The topological polar surface area (TPSA) is 23.9 Å². The fourth-order valence-electron chi connectivity index (χ4n) is 0.0962. The van der Waals surface area contributed by atoms with Crippen LogP contribution in [0.3, 0.4) is 0 Å². The van der Waals surface area contributed by atoms with Crippen LogP contribution >= 0.6 is 0 Å². The molecule has 0 aliphatic carbocycles. The molecule has 0 amide bonds. The number of rotatable bonds is 1. The summed E-state index contributed by atoms with van der Waals surface area (Å²) in [6.45, 7) is 5.88. The number of hydrogen-bond acceptors (Lipinski definition) is 1. The van der Waals surface area contributed by atoms with Gasteiger partial charge in [0, 0.05) is 6.21 Å². The molecular weight excluding hydrogens is 86.1 g/mol. The van der Waals surface area contributed by atoms with E-state index in [9.17, 15) is 0 Å². The molecule has 0 radical (unpaired) electrons. The molecule has 42 valence electrons. The summed E-state index contributed by atoms with van der Waals surface area (Å²) in [5.74, 6) is 0. The van der Waals surface area contributed by atoms with Crippen molar-refractivity contribution in [3.63, 3.8) is 0 Å². The molecule has 0 rings (SSSR count). The Morgan fingerprint density at radius 3 is 1.71 bits per heavy atom. The highest BCUT2D eigenvalue weighted by Crippen LogP contribution is 1.55. The molecule has 0 aliphatic rings. The van der Waals surface area contributed by atoms with Gasteiger partial charge in [-0.05, 0) is 13.0 Å².